The SMILES string of the molecule is I.NC(=NCCCN1CCOCC1)NCCOc1ccc(Br)cc1. The van der Waals surface area contributed by atoms with Crippen LogP contribution in [0.25, 0.3) is 0 Å². The summed E-state index contributed by atoms with van der Waals surface area (Å²) in [6, 6.07) is 7.75. The maximum Gasteiger partial charge on any atom is 0.188 e. The van der Waals surface area contributed by atoms with Gasteiger partial charge >= 0.3 is 0 Å². The molecule has 24 heavy (non-hydrogen) atoms. The first-order valence-electron chi connectivity index (χ1n) is 7.96. The molecule has 0 atom stereocenters. The van der Waals surface area contributed by atoms with Gasteiger partial charge in [-0.05, 0) is 30.7 Å². The van der Waals surface area contributed by atoms with E-state index >= 15 is 0 Å². The van der Waals surface area contributed by atoms with E-state index in [1.807, 2.05) is 24.3 Å². The van der Waals surface area contributed by atoms with E-state index in [0.717, 1.165) is 56.0 Å². The third kappa shape index (κ3) is 9.05. The van der Waals surface area contributed by atoms with Crippen LogP contribution in [0.3, 0.4) is 0 Å². The van der Waals surface area contributed by atoms with E-state index in [1.165, 1.54) is 0 Å². The Hall–Kier alpha value is -0.580. The zero-order chi connectivity index (χ0) is 16.3. The van der Waals surface area contributed by atoms with Gasteiger partial charge in [-0.25, -0.2) is 0 Å². The smallest absolute Gasteiger partial charge is 0.188 e. The number of hydrogen-bond donors (Lipinski definition) is 2. The topological polar surface area (TPSA) is 72.1 Å². The summed E-state index contributed by atoms with van der Waals surface area (Å²) in [5, 5.41) is 3.06. The molecule has 2 rings (SSSR count). The lowest BCUT2D eigenvalue weighted by Crippen LogP contribution is -2.37. The van der Waals surface area contributed by atoms with Crippen LogP contribution in [0.2, 0.25) is 0 Å². The van der Waals surface area contributed by atoms with Gasteiger partial charge in [0.2, 0.25) is 0 Å². The van der Waals surface area contributed by atoms with Crippen LogP contribution in [0.15, 0.2) is 33.7 Å². The fourth-order valence-corrected chi connectivity index (χ4v) is 2.52. The van der Waals surface area contributed by atoms with E-state index < -0.39 is 0 Å². The van der Waals surface area contributed by atoms with Crippen LogP contribution in [0.5, 0.6) is 5.75 Å². The summed E-state index contributed by atoms with van der Waals surface area (Å²) in [4.78, 5) is 6.73. The lowest BCUT2D eigenvalue weighted by Gasteiger charge is -2.26. The van der Waals surface area contributed by atoms with Gasteiger partial charge in [0.15, 0.2) is 5.96 Å². The number of ether oxygens (including phenoxy) is 2. The lowest BCUT2D eigenvalue weighted by molar-refractivity contribution is 0.0377. The van der Waals surface area contributed by atoms with E-state index in [0.29, 0.717) is 19.1 Å². The summed E-state index contributed by atoms with van der Waals surface area (Å²) >= 11 is 3.39. The monoisotopic (exact) mass is 512 g/mol. The number of guanidine groups is 1. The van der Waals surface area contributed by atoms with Gasteiger partial charge in [0.05, 0.1) is 19.8 Å². The Kier molecular flexibility index (Phi) is 11.4. The van der Waals surface area contributed by atoms with Gasteiger partial charge in [-0.2, -0.15) is 0 Å². The molecule has 0 saturated carbocycles. The minimum absolute atomic E-state index is 0. The van der Waals surface area contributed by atoms with Gasteiger partial charge < -0.3 is 20.5 Å². The number of nitrogens with zero attached hydrogens (tertiary/aromatic N) is 2. The Morgan fingerprint density at radius 3 is 2.71 bits per heavy atom. The van der Waals surface area contributed by atoms with Gasteiger partial charge in [0, 0.05) is 30.7 Å². The Bertz CT molecular complexity index is 481. The molecule has 0 unspecified atom stereocenters. The van der Waals surface area contributed by atoms with E-state index in [9.17, 15) is 0 Å². The van der Waals surface area contributed by atoms with Crippen molar-refractivity contribution in [2.45, 2.75) is 6.42 Å². The standard InChI is InChI=1S/C16H25BrN4O2.HI/c17-14-2-4-15(5-3-14)23-11-7-20-16(18)19-6-1-8-21-9-12-22-13-10-21;/h2-5H,1,6-13H2,(H3,18,19,20);1H. The Balaban J connectivity index is 0.00000288. The van der Waals surface area contributed by atoms with Gasteiger partial charge in [-0.1, -0.05) is 15.9 Å². The summed E-state index contributed by atoms with van der Waals surface area (Å²) in [5.41, 5.74) is 5.84. The average molecular weight is 513 g/mol. The minimum Gasteiger partial charge on any atom is -0.492 e. The van der Waals surface area contributed by atoms with Crippen molar-refractivity contribution < 1.29 is 9.47 Å². The summed E-state index contributed by atoms with van der Waals surface area (Å²) in [6.07, 6.45) is 1.01. The quantitative estimate of drug-likeness (QED) is 0.241. The number of hydrogen-bond acceptors (Lipinski definition) is 4. The van der Waals surface area contributed by atoms with Crippen molar-refractivity contribution in [1.82, 2.24) is 10.2 Å². The first kappa shape index (κ1) is 21.5. The van der Waals surface area contributed by atoms with Crippen molar-refractivity contribution in [2.24, 2.45) is 10.7 Å². The van der Waals surface area contributed by atoms with Crippen molar-refractivity contribution in [2.75, 3.05) is 52.5 Å². The molecule has 8 heteroatoms. The Morgan fingerprint density at radius 2 is 2.00 bits per heavy atom. The van der Waals surface area contributed by atoms with Crippen molar-refractivity contribution in [1.29, 1.82) is 0 Å². The van der Waals surface area contributed by atoms with Crippen LogP contribution in [0, 0.1) is 0 Å². The Morgan fingerprint density at radius 1 is 1.29 bits per heavy atom. The number of nitrogens with two attached hydrogens (primary N) is 1. The predicted molar refractivity (Wildman–Crippen MR) is 111 cm³/mol. The van der Waals surface area contributed by atoms with E-state index in [2.05, 4.69) is 31.1 Å². The van der Waals surface area contributed by atoms with Crippen LogP contribution in [0.4, 0.5) is 0 Å². The van der Waals surface area contributed by atoms with Crippen molar-refractivity contribution >= 4 is 45.9 Å². The number of aliphatic imine (C=N–C) groups is 1. The normalized spacial score (nSPS) is 15.6. The van der Waals surface area contributed by atoms with E-state index in [-0.39, 0.29) is 24.0 Å². The number of halogens is 2. The number of rotatable bonds is 8. The molecule has 0 radical (unpaired) electrons. The highest BCUT2D eigenvalue weighted by atomic mass is 127. The second-order valence-electron chi connectivity index (χ2n) is 5.30. The van der Waals surface area contributed by atoms with Crippen LogP contribution in [-0.2, 0) is 4.74 Å². The second kappa shape index (κ2) is 12.7. The van der Waals surface area contributed by atoms with Gasteiger partial charge in [-0.3, -0.25) is 9.89 Å². The predicted octanol–water partition coefficient (Wildman–Crippen LogP) is 2.07. The fourth-order valence-electron chi connectivity index (χ4n) is 2.25. The van der Waals surface area contributed by atoms with Gasteiger partial charge in [-0.15, -0.1) is 24.0 Å². The van der Waals surface area contributed by atoms with E-state index in [4.69, 9.17) is 15.2 Å². The fraction of sp³-hybridized carbons (Fsp3) is 0.562. The third-order valence-electron chi connectivity index (χ3n) is 3.51. The molecule has 1 aromatic carbocycles. The highest BCUT2D eigenvalue weighted by Crippen LogP contribution is 2.15. The van der Waals surface area contributed by atoms with Crippen LogP contribution in [-0.4, -0.2) is 63.4 Å². The largest absolute Gasteiger partial charge is 0.492 e. The molecule has 6 nitrogen and oxygen atoms in total. The molecule has 0 aliphatic carbocycles. The summed E-state index contributed by atoms with van der Waals surface area (Å²) in [7, 11) is 0. The second-order valence-corrected chi connectivity index (χ2v) is 6.22. The molecule has 0 bridgehead atoms. The Labute approximate surface area is 169 Å². The number of morpholine rings is 1. The molecule has 0 amide bonds. The van der Waals surface area contributed by atoms with Crippen LogP contribution < -0.4 is 15.8 Å². The molecule has 3 N–H and O–H groups in total. The third-order valence-corrected chi connectivity index (χ3v) is 4.04. The zero-order valence-corrected chi connectivity index (χ0v) is 17.7. The lowest BCUT2D eigenvalue weighted by atomic mass is 10.3. The molecule has 1 aromatic rings. The molecule has 1 heterocycles. The van der Waals surface area contributed by atoms with Gasteiger partial charge in [0.1, 0.15) is 12.4 Å². The molecule has 0 spiro atoms. The molecule has 1 aliphatic rings. The van der Waals surface area contributed by atoms with Gasteiger partial charge in [0.25, 0.3) is 0 Å². The number of nitrogens with one attached hydrogen (secondary N) is 1. The maximum atomic E-state index is 5.84. The van der Waals surface area contributed by atoms with Crippen LogP contribution in [0.1, 0.15) is 6.42 Å². The summed E-state index contributed by atoms with van der Waals surface area (Å²) < 4.78 is 12.0. The highest BCUT2D eigenvalue weighted by molar-refractivity contribution is 14.0. The molecule has 1 fully saturated rings. The zero-order valence-electron chi connectivity index (χ0n) is 13.7. The van der Waals surface area contributed by atoms with Crippen molar-refractivity contribution in [3.8, 4) is 5.75 Å². The molecule has 1 saturated heterocycles. The van der Waals surface area contributed by atoms with Crippen molar-refractivity contribution in [3.63, 3.8) is 0 Å². The molecule has 0 aromatic heterocycles. The van der Waals surface area contributed by atoms with E-state index in [1.54, 1.807) is 0 Å². The molecular weight excluding hydrogens is 487 g/mol. The minimum atomic E-state index is 0. The first-order chi connectivity index (χ1) is 11.2. The first-order valence-corrected chi connectivity index (χ1v) is 8.75. The summed E-state index contributed by atoms with van der Waals surface area (Å²) in [5.74, 6) is 1.32. The molecule has 1 aliphatic heterocycles. The average Bonchev–Trinajstić information content (AvgIpc) is 2.58. The maximum absolute atomic E-state index is 5.84. The number of benzene rings is 1. The summed E-state index contributed by atoms with van der Waals surface area (Å²) in [6.45, 7) is 6.68. The van der Waals surface area contributed by atoms with Crippen molar-refractivity contribution in [3.05, 3.63) is 28.7 Å². The van der Waals surface area contributed by atoms with Crippen LogP contribution >= 0.6 is 39.9 Å². The highest BCUT2D eigenvalue weighted by Gasteiger charge is 2.08. The molecule has 136 valence electrons. The molecular formula is C16H26BrIN4O2.